The number of hydrogen-bond donors (Lipinski definition) is 0. The molecule has 1 aromatic rings. The monoisotopic (exact) mass is 351 g/mol. The normalized spacial score (nSPS) is 10.3. The van der Waals surface area contributed by atoms with E-state index >= 15 is 0 Å². The number of hydrogen-bond acceptors (Lipinski definition) is 4. The van der Waals surface area contributed by atoms with Gasteiger partial charge in [-0.2, -0.15) is 0 Å². The van der Waals surface area contributed by atoms with E-state index in [-0.39, 0.29) is 26.0 Å². The van der Waals surface area contributed by atoms with Crippen molar-refractivity contribution in [2.75, 3.05) is 19.4 Å². The van der Waals surface area contributed by atoms with E-state index in [1.807, 2.05) is 30.3 Å². The molecule has 0 bridgehead atoms. The molecule has 0 N–H and O–H groups in total. The van der Waals surface area contributed by atoms with Crippen LogP contribution in [0.15, 0.2) is 30.3 Å². The first kappa shape index (κ1) is 18.0. The van der Waals surface area contributed by atoms with Gasteiger partial charge >= 0.3 is 12.1 Å². The number of esters is 1. The van der Waals surface area contributed by atoms with Gasteiger partial charge in [0.1, 0.15) is 19.8 Å². The van der Waals surface area contributed by atoms with E-state index in [9.17, 15) is 9.59 Å². The topological polar surface area (TPSA) is 55.8 Å². The van der Waals surface area contributed by atoms with E-state index in [2.05, 4.69) is 0 Å². The Morgan fingerprint density at radius 1 is 1.19 bits per heavy atom. The standard InChI is InChI=1S/C13H16Cl2NO4P/c1-2-19-12(17)8-16(10-21(14)15)13(18)20-9-11-6-4-3-5-7-11/h3-7H,2,8-10H2,1H3. The van der Waals surface area contributed by atoms with Gasteiger partial charge in [-0.1, -0.05) is 52.8 Å². The van der Waals surface area contributed by atoms with Gasteiger partial charge in [-0.3, -0.25) is 9.69 Å². The van der Waals surface area contributed by atoms with Gasteiger partial charge in [-0.05, 0) is 12.5 Å². The van der Waals surface area contributed by atoms with Gasteiger partial charge in [0.2, 0.25) is 0 Å². The molecule has 0 fully saturated rings. The molecule has 8 heteroatoms. The van der Waals surface area contributed by atoms with Crippen molar-refractivity contribution in [1.29, 1.82) is 0 Å². The molecule has 0 heterocycles. The Balaban J connectivity index is 2.56. The first-order valence-corrected chi connectivity index (χ1v) is 9.57. The number of amides is 1. The molecule has 5 nitrogen and oxygen atoms in total. The Hall–Kier alpha value is -1.03. The number of carbonyl (C=O) groups excluding carboxylic acids is 2. The van der Waals surface area contributed by atoms with Crippen LogP contribution in [0.25, 0.3) is 0 Å². The molecule has 0 aliphatic carbocycles. The van der Waals surface area contributed by atoms with Crippen LogP contribution in [0, 0.1) is 0 Å². The van der Waals surface area contributed by atoms with Crippen molar-refractivity contribution < 1.29 is 19.1 Å². The van der Waals surface area contributed by atoms with Gasteiger partial charge in [0.15, 0.2) is 0 Å². The summed E-state index contributed by atoms with van der Waals surface area (Å²) in [5.41, 5.74) is 0.848. The zero-order valence-corrected chi connectivity index (χ0v) is 13.9. The summed E-state index contributed by atoms with van der Waals surface area (Å²) in [6.45, 7) is 0.386. The smallest absolute Gasteiger partial charge is 0.411 e. The van der Waals surface area contributed by atoms with Gasteiger partial charge in [0.05, 0.1) is 12.9 Å². The highest BCUT2D eigenvalue weighted by Crippen LogP contribution is 2.47. The van der Waals surface area contributed by atoms with E-state index in [4.69, 9.17) is 32.0 Å². The lowest BCUT2D eigenvalue weighted by Gasteiger charge is -2.21. The summed E-state index contributed by atoms with van der Waals surface area (Å²) in [4.78, 5) is 24.6. The number of nitrogens with zero attached hydrogens (tertiary/aromatic N) is 1. The highest BCUT2D eigenvalue weighted by molar-refractivity contribution is 8.03. The zero-order valence-electron chi connectivity index (χ0n) is 11.5. The predicted molar refractivity (Wildman–Crippen MR) is 83.5 cm³/mol. The average molecular weight is 352 g/mol. The van der Waals surface area contributed by atoms with E-state index < -0.39 is 18.7 Å². The molecule has 0 atom stereocenters. The molecule has 0 saturated heterocycles. The second-order valence-corrected chi connectivity index (χ2v) is 7.84. The Bertz CT molecular complexity index is 459. The van der Waals surface area contributed by atoms with Gasteiger partial charge in [0, 0.05) is 0 Å². The second-order valence-electron chi connectivity index (χ2n) is 3.99. The summed E-state index contributed by atoms with van der Waals surface area (Å²) in [7, 11) is 0. The van der Waals surface area contributed by atoms with Crippen LogP contribution in [0.4, 0.5) is 4.79 Å². The fraction of sp³-hybridized carbons (Fsp3) is 0.385. The molecule has 0 aromatic heterocycles. The minimum absolute atomic E-state index is 0.0465. The maximum atomic E-state index is 12.0. The number of ether oxygens (including phenoxy) is 2. The third-order valence-corrected chi connectivity index (χ3v) is 3.56. The Kier molecular flexibility index (Phi) is 8.43. The second kappa shape index (κ2) is 9.82. The van der Waals surface area contributed by atoms with Crippen molar-refractivity contribution in [3.63, 3.8) is 0 Å². The van der Waals surface area contributed by atoms with Crippen LogP contribution in [-0.2, 0) is 20.9 Å². The van der Waals surface area contributed by atoms with Crippen molar-refractivity contribution in [2.24, 2.45) is 0 Å². The molecule has 0 saturated carbocycles. The largest absolute Gasteiger partial charge is 0.465 e. The van der Waals surface area contributed by atoms with Crippen molar-refractivity contribution in [3.8, 4) is 0 Å². The number of rotatable bonds is 7. The molecule has 1 aromatic carbocycles. The van der Waals surface area contributed by atoms with Crippen molar-refractivity contribution in [1.82, 2.24) is 4.90 Å². The van der Waals surface area contributed by atoms with E-state index in [1.165, 1.54) is 0 Å². The summed E-state index contributed by atoms with van der Waals surface area (Å²) in [6.07, 6.45) is -0.606. The summed E-state index contributed by atoms with van der Waals surface area (Å²) < 4.78 is 9.94. The van der Waals surface area contributed by atoms with Crippen LogP contribution in [0.5, 0.6) is 0 Å². The molecule has 0 radical (unpaired) electrons. The fourth-order valence-corrected chi connectivity index (χ4v) is 2.72. The van der Waals surface area contributed by atoms with Crippen molar-refractivity contribution in [2.45, 2.75) is 13.5 Å². The third kappa shape index (κ3) is 7.51. The molecular weight excluding hydrogens is 336 g/mol. The quantitative estimate of drug-likeness (QED) is 0.551. The van der Waals surface area contributed by atoms with Gasteiger partial charge in [-0.15, -0.1) is 0 Å². The highest BCUT2D eigenvalue weighted by Gasteiger charge is 2.21. The van der Waals surface area contributed by atoms with Crippen LogP contribution in [0.2, 0.25) is 0 Å². The Labute approximate surface area is 134 Å². The molecule has 1 rings (SSSR count). The van der Waals surface area contributed by atoms with Gasteiger partial charge < -0.3 is 9.47 Å². The molecule has 21 heavy (non-hydrogen) atoms. The summed E-state index contributed by atoms with van der Waals surface area (Å²) >= 11 is 11.4. The first-order chi connectivity index (χ1) is 10.0. The number of benzene rings is 1. The molecular formula is C13H16Cl2NO4P. The average Bonchev–Trinajstić information content (AvgIpc) is 2.45. The fourth-order valence-electron chi connectivity index (χ4n) is 1.47. The minimum atomic E-state index is -1.42. The summed E-state index contributed by atoms with van der Waals surface area (Å²) in [6, 6.07) is 9.22. The van der Waals surface area contributed by atoms with Crippen LogP contribution < -0.4 is 0 Å². The van der Waals surface area contributed by atoms with Crippen molar-refractivity contribution in [3.05, 3.63) is 35.9 Å². The van der Waals surface area contributed by atoms with Gasteiger partial charge in [-0.25, -0.2) is 4.79 Å². The Morgan fingerprint density at radius 3 is 2.43 bits per heavy atom. The molecule has 116 valence electrons. The SMILES string of the molecule is CCOC(=O)CN(CP(Cl)Cl)C(=O)OCc1ccccc1. The Morgan fingerprint density at radius 2 is 1.86 bits per heavy atom. The van der Waals surface area contributed by atoms with E-state index in [1.54, 1.807) is 6.92 Å². The minimum Gasteiger partial charge on any atom is -0.465 e. The summed E-state index contributed by atoms with van der Waals surface area (Å²) in [5.74, 6) is -0.528. The van der Waals surface area contributed by atoms with Crippen LogP contribution in [-0.4, -0.2) is 36.4 Å². The number of halogens is 2. The lowest BCUT2D eigenvalue weighted by molar-refractivity contribution is -0.143. The molecule has 0 aliphatic rings. The predicted octanol–water partition coefficient (Wildman–Crippen LogP) is 3.94. The number of carbonyl (C=O) groups is 2. The molecule has 0 aliphatic heterocycles. The van der Waals surface area contributed by atoms with E-state index in [0.717, 1.165) is 10.5 Å². The maximum absolute atomic E-state index is 12.0. The van der Waals surface area contributed by atoms with Crippen molar-refractivity contribution >= 4 is 41.2 Å². The molecule has 0 unspecified atom stereocenters. The lowest BCUT2D eigenvalue weighted by Crippen LogP contribution is -2.36. The summed E-state index contributed by atoms with van der Waals surface area (Å²) in [5, 5.41) is 0. The maximum Gasteiger partial charge on any atom is 0.411 e. The van der Waals surface area contributed by atoms with Gasteiger partial charge in [0.25, 0.3) is 0 Å². The van der Waals surface area contributed by atoms with Crippen LogP contribution in [0.3, 0.4) is 0 Å². The highest BCUT2D eigenvalue weighted by atomic mass is 35.9. The van der Waals surface area contributed by atoms with Crippen LogP contribution in [0.1, 0.15) is 12.5 Å². The van der Waals surface area contributed by atoms with Crippen LogP contribution >= 0.6 is 29.1 Å². The molecule has 1 amide bonds. The zero-order chi connectivity index (χ0) is 15.7. The molecule has 0 spiro atoms. The third-order valence-electron chi connectivity index (χ3n) is 2.37. The first-order valence-electron chi connectivity index (χ1n) is 6.23. The lowest BCUT2D eigenvalue weighted by atomic mass is 10.2. The van der Waals surface area contributed by atoms with E-state index in [0.29, 0.717) is 0 Å².